The number of alkyl carbamates (subject to hydrolysis) is 4. The lowest BCUT2D eigenvalue weighted by atomic mass is 9.98. The molecule has 4 saturated heterocycles. The van der Waals surface area contributed by atoms with Crippen LogP contribution in [0.3, 0.4) is 0 Å². The molecular formula is C85H102N16O14. The van der Waals surface area contributed by atoms with Gasteiger partial charge in [0.2, 0.25) is 23.6 Å². The van der Waals surface area contributed by atoms with E-state index in [1.807, 2.05) is 129 Å². The van der Waals surface area contributed by atoms with Crippen molar-refractivity contribution in [3.63, 3.8) is 0 Å². The number of nitrogens with zero attached hydrogens (tertiary/aromatic N) is 8. The number of hydrogen-bond acceptors (Lipinski definition) is 18. The van der Waals surface area contributed by atoms with Gasteiger partial charge in [0.25, 0.3) is 0 Å². The number of carbonyl (C=O) groups excluding carboxylic acids is 8. The van der Waals surface area contributed by atoms with E-state index in [4.69, 9.17) is 42.7 Å². The summed E-state index contributed by atoms with van der Waals surface area (Å²) in [7, 11) is 5.14. The van der Waals surface area contributed by atoms with E-state index in [1.165, 1.54) is 28.4 Å². The van der Waals surface area contributed by atoms with Gasteiger partial charge in [-0.1, -0.05) is 116 Å². The summed E-state index contributed by atoms with van der Waals surface area (Å²) in [5.41, 5.74) is 12.3. The van der Waals surface area contributed by atoms with Crippen molar-refractivity contribution in [2.24, 2.45) is 23.7 Å². The second-order valence-electron chi connectivity index (χ2n) is 31.2. The average molecular weight is 1570 g/mol. The molecule has 4 aromatic carbocycles. The summed E-state index contributed by atoms with van der Waals surface area (Å²) in [5, 5.41) is 12.7. The second-order valence-corrected chi connectivity index (χ2v) is 31.2. The molecule has 10 aromatic rings. The number of aromatic nitrogens is 8. The van der Waals surface area contributed by atoms with Gasteiger partial charge in [-0.15, -0.1) is 0 Å². The number of methoxy groups -OCH3 is 4. The zero-order valence-corrected chi connectivity index (χ0v) is 67.2. The molecule has 8 amide bonds. The number of ether oxygens (including phenoxy) is 4. The minimum atomic E-state index is -0.711. The lowest BCUT2D eigenvalue weighted by Gasteiger charge is -2.30. The van der Waals surface area contributed by atoms with Gasteiger partial charge >= 0.3 is 24.4 Å². The van der Waals surface area contributed by atoms with Crippen molar-refractivity contribution in [2.45, 2.75) is 162 Å². The zero-order valence-electron chi connectivity index (χ0n) is 67.2. The third-order valence-corrected chi connectivity index (χ3v) is 22.4. The van der Waals surface area contributed by atoms with Crippen LogP contribution < -0.4 is 21.3 Å². The van der Waals surface area contributed by atoms with Gasteiger partial charge in [-0.05, 0) is 128 Å². The number of carbonyl (C=O) groups is 8. The van der Waals surface area contributed by atoms with Crippen molar-refractivity contribution in [3.8, 4) is 67.3 Å². The van der Waals surface area contributed by atoms with Crippen LogP contribution >= 0.6 is 0 Å². The molecule has 4 fully saturated rings. The minimum Gasteiger partial charge on any atom is -0.464 e. The van der Waals surface area contributed by atoms with E-state index < -0.39 is 48.5 Å². The number of imidazole rings is 4. The summed E-state index contributed by atoms with van der Waals surface area (Å²) in [4.78, 5) is 142. The number of fused-ring (bicyclic) bond motifs is 2. The predicted octanol–water partition coefficient (Wildman–Crippen LogP) is 14.2. The first-order chi connectivity index (χ1) is 55.4. The summed E-state index contributed by atoms with van der Waals surface area (Å²) >= 11 is 0. The third-order valence-electron chi connectivity index (χ3n) is 22.4. The van der Waals surface area contributed by atoms with Crippen LogP contribution in [0.15, 0.2) is 125 Å². The van der Waals surface area contributed by atoms with Crippen LogP contribution in [0.2, 0.25) is 0 Å². The Labute approximate surface area is 666 Å². The van der Waals surface area contributed by atoms with Gasteiger partial charge < -0.3 is 88.6 Å². The molecule has 0 radical (unpaired) electrons. The molecular weight excluding hydrogens is 1470 g/mol. The van der Waals surface area contributed by atoms with Gasteiger partial charge in [-0.25, -0.2) is 39.1 Å². The van der Waals surface area contributed by atoms with Crippen molar-refractivity contribution in [3.05, 3.63) is 145 Å². The monoisotopic (exact) mass is 1570 g/mol. The highest BCUT2D eigenvalue weighted by Crippen LogP contribution is 2.43. The lowest BCUT2D eigenvalue weighted by molar-refractivity contribution is -0.136. The normalized spacial score (nSPS) is 17.9. The molecule has 0 bridgehead atoms. The number of likely N-dealkylation sites (tertiary alicyclic amines) is 4. The highest BCUT2D eigenvalue weighted by molar-refractivity contribution is 6.03. The number of furan rings is 2. The van der Waals surface area contributed by atoms with E-state index in [9.17, 15) is 38.4 Å². The molecule has 10 heterocycles. The maximum Gasteiger partial charge on any atom is 0.407 e. The molecule has 0 aliphatic carbocycles. The minimum absolute atomic E-state index is 0.116. The predicted molar refractivity (Wildman–Crippen MR) is 430 cm³/mol. The third kappa shape index (κ3) is 17.0. The van der Waals surface area contributed by atoms with Gasteiger partial charge in [0.1, 0.15) is 64.4 Å². The molecule has 0 spiro atoms. The molecule has 8 N–H and O–H groups in total. The summed E-state index contributed by atoms with van der Waals surface area (Å²) in [5.74, 6) is 2.48. The summed E-state index contributed by atoms with van der Waals surface area (Å²) in [6.45, 7) is 19.4. The number of nitrogens with one attached hydrogen (secondary N) is 8. The molecule has 30 heteroatoms. The van der Waals surface area contributed by atoms with Crippen LogP contribution in [0.5, 0.6) is 0 Å². The standard InChI is InChI=1S/C43H52N8O7.C42H50N8O7/c1-23(2)35(48-42(54)56-6)40(52)50-18-8-10-33(50)38-44-21-31(46-38)27-14-12-26(13-15-27)28-16-17-29(30-20-25(5)58-37(28)30)32-22-45-39(47-32)34-11-9-19-51(34)41(53)36(24(3)4)49-43(55)57-7;1-23(2)34(47-41(53)55-5)39(51)49-18-7-9-32(49)37-43-21-30(45-37)26-13-11-25(12-14-26)27-15-16-28(29-17-20-57-36(27)29)31-22-44-38(46-31)33-10-8-19-50(33)40(52)35(24(3)4)48-42(54)56-6/h12-17,20-24,33-36H,8-11,18-19H2,1-7H3,(H,44,46)(H,45,47)(H,48,54)(H,49,55);11-17,20-24,32-35H,7-10,18-19H2,1-6H3,(H,43,45)(H,44,46)(H,47,53)(H,48,54)/t33-,34-,35-,36-;32-,33-,34-,35-/m00/s1. The van der Waals surface area contributed by atoms with Crippen LogP contribution in [-0.4, -0.2) is 186 Å². The SMILES string of the molecule is COC(=O)N[C@H](C(=O)N1CCC[C@H]1c1ncc(-c2ccc(-c3ccc(-c4cnc([C@@H]5CCCN5C(=O)[C@@H](NC(=O)OC)C(C)C)[nH]4)c4cc(C)oc34)cc2)[nH]1)C(C)C.COC(=O)N[C@H](C(=O)N1CCC[C@H]1c1ncc(-c2ccc(-c3ccc(-c4cnc([C@@H]5CCCN5C(=O)[C@@H](NC(=O)OC)C(C)C)[nH]4)c4ccoc34)cc2)[nH]1)C(C)C. The number of amides is 8. The average Bonchev–Trinajstić information content (AvgIpc) is 1.65. The van der Waals surface area contributed by atoms with E-state index in [2.05, 4.69) is 64.4 Å². The Bertz CT molecular complexity index is 5160. The Kier molecular flexibility index (Phi) is 24.6. The number of benzene rings is 4. The van der Waals surface area contributed by atoms with Crippen LogP contribution in [0.4, 0.5) is 19.2 Å². The maximum absolute atomic E-state index is 13.7. The molecule has 0 unspecified atom stereocenters. The first-order valence-corrected chi connectivity index (χ1v) is 39.4. The first kappa shape index (κ1) is 80.8. The number of aromatic amines is 4. The Morgan fingerprint density at radius 2 is 0.670 bits per heavy atom. The van der Waals surface area contributed by atoms with Gasteiger partial charge in [0.05, 0.1) is 106 Å². The second kappa shape index (κ2) is 35.0. The Hall–Kier alpha value is -12.2. The molecule has 8 atom stereocenters. The van der Waals surface area contributed by atoms with Crippen LogP contribution in [0, 0.1) is 30.6 Å². The zero-order chi connectivity index (χ0) is 81.6. The molecule has 30 nitrogen and oxygen atoms in total. The van der Waals surface area contributed by atoms with Crippen molar-refractivity contribution in [2.75, 3.05) is 54.6 Å². The van der Waals surface area contributed by atoms with Gasteiger partial charge in [-0.3, -0.25) is 19.2 Å². The Balaban J connectivity index is 0.000000200. The molecule has 14 rings (SSSR count). The van der Waals surface area contributed by atoms with Crippen molar-refractivity contribution >= 4 is 69.9 Å². The van der Waals surface area contributed by atoms with E-state index in [0.717, 1.165) is 146 Å². The number of H-pyrrole nitrogens is 4. The smallest absolute Gasteiger partial charge is 0.407 e. The van der Waals surface area contributed by atoms with Crippen LogP contribution in [0.25, 0.3) is 89.2 Å². The topological polar surface area (TPSA) is 376 Å². The molecule has 6 aromatic heterocycles. The molecule has 4 aliphatic rings. The molecule has 4 aliphatic heterocycles. The number of hydrogen-bond donors (Lipinski definition) is 8. The maximum atomic E-state index is 13.7. The quantitative estimate of drug-likeness (QED) is 0.0292. The van der Waals surface area contributed by atoms with E-state index in [0.29, 0.717) is 49.5 Å². The van der Waals surface area contributed by atoms with Crippen molar-refractivity contribution < 1.29 is 66.1 Å². The highest BCUT2D eigenvalue weighted by atomic mass is 16.6. The highest BCUT2D eigenvalue weighted by Gasteiger charge is 2.43. The van der Waals surface area contributed by atoms with Gasteiger partial charge in [0, 0.05) is 59.2 Å². The lowest BCUT2D eigenvalue weighted by Crippen LogP contribution is -2.51. The summed E-state index contributed by atoms with van der Waals surface area (Å²) in [6, 6.07) is 24.7. The summed E-state index contributed by atoms with van der Waals surface area (Å²) < 4.78 is 31.5. The fraction of sp³-hybridized carbons (Fsp3) is 0.435. The van der Waals surface area contributed by atoms with E-state index in [-0.39, 0.29) is 71.5 Å². The fourth-order valence-electron chi connectivity index (χ4n) is 16.3. The van der Waals surface area contributed by atoms with Crippen molar-refractivity contribution in [1.29, 1.82) is 0 Å². The Morgan fingerprint density at radius 1 is 0.383 bits per heavy atom. The fourth-order valence-corrected chi connectivity index (χ4v) is 16.3. The number of rotatable bonds is 22. The molecule has 115 heavy (non-hydrogen) atoms. The molecule has 606 valence electrons. The van der Waals surface area contributed by atoms with Gasteiger partial charge in [0.15, 0.2) is 0 Å². The van der Waals surface area contributed by atoms with Gasteiger partial charge in [-0.2, -0.15) is 0 Å². The Morgan fingerprint density at radius 3 is 0.991 bits per heavy atom. The first-order valence-electron chi connectivity index (χ1n) is 39.4. The largest absolute Gasteiger partial charge is 0.464 e. The van der Waals surface area contributed by atoms with E-state index >= 15 is 0 Å². The summed E-state index contributed by atoms with van der Waals surface area (Å²) in [6.07, 6.45) is 12.7. The number of aryl methyl sites for hydroxylation is 1. The van der Waals surface area contributed by atoms with Crippen LogP contribution in [-0.2, 0) is 38.1 Å². The van der Waals surface area contributed by atoms with Crippen LogP contribution in [0.1, 0.15) is 160 Å². The van der Waals surface area contributed by atoms with Crippen molar-refractivity contribution in [1.82, 2.24) is 80.7 Å². The molecule has 0 saturated carbocycles. The van der Waals surface area contributed by atoms with E-state index in [1.54, 1.807) is 50.7 Å².